The van der Waals surface area contributed by atoms with Gasteiger partial charge in [-0.15, -0.1) is 0 Å². The van der Waals surface area contributed by atoms with Gasteiger partial charge in [-0.1, -0.05) is 13.8 Å². The second-order valence-electron chi connectivity index (χ2n) is 5.89. The molecule has 1 atom stereocenters. The minimum atomic E-state index is -3.41. The van der Waals surface area contributed by atoms with Crippen molar-refractivity contribution >= 4 is 10.0 Å². The number of hydrogen-bond acceptors (Lipinski definition) is 4. The summed E-state index contributed by atoms with van der Waals surface area (Å²) in [5, 5.41) is 3.25. The van der Waals surface area contributed by atoms with Crippen LogP contribution in [0.25, 0.3) is 0 Å². The number of sulfonamides is 1. The average Bonchev–Trinajstić information content (AvgIpc) is 2.45. The molecule has 118 valence electrons. The maximum absolute atomic E-state index is 12.6. The van der Waals surface area contributed by atoms with Crippen LogP contribution in [0.5, 0.6) is 5.75 Å². The number of rotatable bonds is 5. The predicted octanol–water partition coefficient (Wildman–Crippen LogP) is 1.70. The number of hydrogen-bond donors (Lipinski definition) is 1. The van der Waals surface area contributed by atoms with Gasteiger partial charge in [-0.25, -0.2) is 8.42 Å². The van der Waals surface area contributed by atoms with Crippen molar-refractivity contribution in [2.24, 2.45) is 5.92 Å². The molecule has 2 rings (SSSR count). The van der Waals surface area contributed by atoms with Crippen LogP contribution in [0.1, 0.15) is 20.8 Å². The molecule has 1 fully saturated rings. The molecule has 0 spiro atoms. The molecule has 1 aromatic rings. The van der Waals surface area contributed by atoms with Crippen molar-refractivity contribution in [2.45, 2.75) is 31.7 Å². The predicted molar refractivity (Wildman–Crippen MR) is 83.0 cm³/mol. The lowest BCUT2D eigenvalue weighted by Crippen LogP contribution is -2.51. The van der Waals surface area contributed by atoms with E-state index in [1.807, 2.05) is 6.92 Å². The molecular weight excluding hydrogens is 288 g/mol. The number of piperazine rings is 1. The highest BCUT2D eigenvalue weighted by Gasteiger charge is 2.28. The van der Waals surface area contributed by atoms with E-state index in [1.54, 1.807) is 24.3 Å². The van der Waals surface area contributed by atoms with Crippen molar-refractivity contribution in [3.63, 3.8) is 0 Å². The molecule has 1 aromatic carbocycles. The van der Waals surface area contributed by atoms with Crippen molar-refractivity contribution < 1.29 is 13.2 Å². The van der Waals surface area contributed by atoms with Gasteiger partial charge in [0.1, 0.15) is 5.75 Å². The van der Waals surface area contributed by atoms with Crippen LogP contribution < -0.4 is 10.1 Å². The van der Waals surface area contributed by atoms with Gasteiger partial charge in [0.2, 0.25) is 10.0 Å². The van der Waals surface area contributed by atoms with E-state index < -0.39 is 10.0 Å². The van der Waals surface area contributed by atoms with Gasteiger partial charge in [-0.05, 0) is 37.1 Å². The third-order valence-corrected chi connectivity index (χ3v) is 5.26. The third-order valence-electron chi connectivity index (χ3n) is 3.38. The lowest BCUT2D eigenvalue weighted by molar-refractivity contribution is 0.271. The highest BCUT2D eigenvalue weighted by atomic mass is 32.2. The smallest absolute Gasteiger partial charge is 0.243 e. The van der Waals surface area contributed by atoms with Gasteiger partial charge in [0.15, 0.2) is 0 Å². The zero-order valence-electron chi connectivity index (χ0n) is 12.9. The van der Waals surface area contributed by atoms with Crippen LogP contribution in [0.15, 0.2) is 29.2 Å². The molecule has 0 radical (unpaired) electrons. The Balaban J connectivity index is 2.09. The van der Waals surface area contributed by atoms with Crippen LogP contribution in [0.4, 0.5) is 0 Å². The first kappa shape index (κ1) is 16.3. The molecule has 5 nitrogen and oxygen atoms in total. The number of nitrogens with one attached hydrogen (secondary N) is 1. The second kappa shape index (κ2) is 6.77. The van der Waals surface area contributed by atoms with Gasteiger partial charge >= 0.3 is 0 Å². The summed E-state index contributed by atoms with van der Waals surface area (Å²) in [6.45, 7) is 8.48. The zero-order valence-corrected chi connectivity index (χ0v) is 13.7. The van der Waals surface area contributed by atoms with E-state index in [-0.39, 0.29) is 6.04 Å². The Bertz CT molecular complexity index is 555. The Morgan fingerprint density at radius 3 is 2.57 bits per heavy atom. The van der Waals surface area contributed by atoms with E-state index in [0.717, 1.165) is 0 Å². The van der Waals surface area contributed by atoms with Gasteiger partial charge < -0.3 is 10.1 Å². The number of ether oxygens (including phenoxy) is 1. The average molecular weight is 312 g/mol. The molecule has 0 bridgehead atoms. The first-order chi connectivity index (χ1) is 9.89. The Morgan fingerprint density at radius 1 is 1.33 bits per heavy atom. The quantitative estimate of drug-likeness (QED) is 0.899. The monoisotopic (exact) mass is 312 g/mol. The van der Waals surface area contributed by atoms with Crippen molar-refractivity contribution in [3.05, 3.63) is 24.3 Å². The van der Waals surface area contributed by atoms with Crippen molar-refractivity contribution in [1.82, 2.24) is 9.62 Å². The van der Waals surface area contributed by atoms with Crippen molar-refractivity contribution in [1.29, 1.82) is 0 Å². The van der Waals surface area contributed by atoms with Crippen LogP contribution in [0, 0.1) is 5.92 Å². The molecule has 1 aliphatic heterocycles. The lowest BCUT2D eigenvalue weighted by atomic mass is 10.2. The topological polar surface area (TPSA) is 58.6 Å². The first-order valence-electron chi connectivity index (χ1n) is 7.36. The number of benzene rings is 1. The van der Waals surface area contributed by atoms with Gasteiger partial charge in [0.25, 0.3) is 0 Å². The standard InChI is InChI=1S/C15H24N2O3S/c1-12(2)11-20-14-4-6-15(7-5-14)21(18,19)17-9-8-16-13(3)10-17/h4-7,12-13,16H,8-11H2,1-3H3/t13-/m1/s1. The summed E-state index contributed by atoms with van der Waals surface area (Å²) in [6.07, 6.45) is 0. The van der Waals surface area contributed by atoms with Crippen LogP contribution in [0.3, 0.4) is 0 Å². The van der Waals surface area contributed by atoms with E-state index >= 15 is 0 Å². The highest BCUT2D eigenvalue weighted by Crippen LogP contribution is 2.21. The lowest BCUT2D eigenvalue weighted by Gasteiger charge is -2.31. The third kappa shape index (κ3) is 4.18. The molecule has 0 unspecified atom stereocenters. The molecule has 1 saturated heterocycles. The summed E-state index contributed by atoms with van der Waals surface area (Å²) in [7, 11) is -3.41. The highest BCUT2D eigenvalue weighted by molar-refractivity contribution is 7.89. The summed E-state index contributed by atoms with van der Waals surface area (Å²) < 4.78 is 32.3. The summed E-state index contributed by atoms with van der Waals surface area (Å²) in [4.78, 5) is 0.327. The fraction of sp³-hybridized carbons (Fsp3) is 0.600. The molecule has 0 saturated carbocycles. The Kier molecular flexibility index (Phi) is 5.24. The summed E-state index contributed by atoms with van der Waals surface area (Å²) in [5.41, 5.74) is 0. The minimum absolute atomic E-state index is 0.183. The Hall–Kier alpha value is -1.11. The first-order valence-corrected chi connectivity index (χ1v) is 8.80. The van der Waals surface area contributed by atoms with Gasteiger partial charge in [0, 0.05) is 25.7 Å². The summed E-state index contributed by atoms with van der Waals surface area (Å²) in [5.74, 6) is 1.15. The van der Waals surface area contributed by atoms with Gasteiger partial charge in [-0.3, -0.25) is 0 Å². The van der Waals surface area contributed by atoms with Crippen molar-refractivity contribution in [2.75, 3.05) is 26.2 Å². The molecule has 21 heavy (non-hydrogen) atoms. The molecule has 1 aliphatic rings. The normalized spacial score (nSPS) is 20.7. The Labute approximate surface area is 127 Å². The molecule has 1 heterocycles. The van der Waals surface area contributed by atoms with Crippen LogP contribution in [-0.2, 0) is 10.0 Å². The molecule has 0 aliphatic carbocycles. The molecule has 0 amide bonds. The fourth-order valence-electron chi connectivity index (χ4n) is 2.24. The minimum Gasteiger partial charge on any atom is -0.493 e. The van der Waals surface area contributed by atoms with E-state index in [2.05, 4.69) is 19.2 Å². The Morgan fingerprint density at radius 2 is 2.00 bits per heavy atom. The molecule has 0 aromatic heterocycles. The van der Waals surface area contributed by atoms with Gasteiger partial charge in [0.05, 0.1) is 11.5 Å². The van der Waals surface area contributed by atoms with Crippen LogP contribution in [0.2, 0.25) is 0 Å². The van der Waals surface area contributed by atoms with E-state index in [1.165, 1.54) is 4.31 Å². The van der Waals surface area contributed by atoms with Crippen LogP contribution >= 0.6 is 0 Å². The zero-order chi connectivity index (χ0) is 15.5. The van der Waals surface area contributed by atoms with E-state index in [9.17, 15) is 8.42 Å². The molecular formula is C15H24N2O3S. The molecule has 1 N–H and O–H groups in total. The largest absolute Gasteiger partial charge is 0.493 e. The van der Waals surface area contributed by atoms with E-state index in [0.29, 0.717) is 42.8 Å². The summed E-state index contributed by atoms with van der Waals surface area (Å²) >= 11 is 0. The number of nitrogens with zero attached hydrogens (tertiary/aromatic N) is 1. The maximum Gasteiger partial charge on any atom is 0.243 e. The second-order valence-corrected chi connectivity index (χ2v) is 7.83. The fourth-order valence-corrected chi connectivity index (χ4v) is 3.76. The SMILES string of the molecule is CC(C)COc1ccc(S(=O)(=O)N2CCN[C@H](C)C2)cc1. The van der Waals surface area contributed by atoms with E-state index in [4.69, 9.17) is 4.74 Å². The summed E-state index contributed by atoms with van der Waals surface area (Å²) in [6, 6.07) is 6.87. The van der Waals surface area contributed by atoms with Crippen molar-refractivity contribution in [3.8, 4) is 5.75 Å². The maximum atomic E-state index is 12.6. The molecule has 6 heteroatoms. The van der Waals surface area contributed by atoms with Gasteiger partial charge in [-0.2, -0.15) is 4.31 Å². The van der Waals surface area contributed by atoms with Crippen LogP contribution in [-0.4, -0.2) is 45.0 Å².